The van der Waals surface area contributed by atoms with Gasteiger partial charge in [0.15, 0.2) is 0 Å². The molecule has 4 unspecified atom stereocenters. The van der Waals surface area contributed by atoms with E-state index in [1.54, 1.807) is 7.11 Å². The van der Waals surface area contributed by atoms with Crippen molar-refractivity contribution in [3.05, 3.63) is 12.2 Å². The number of rotatable bonds is 1. The minimum absolute atomic E-state index is 0.243. The number of ether oxygens (including phenoxy) is 2. The van der Waals surface area contributed by atoms with Crippen LogP contribution in [-0.2, 0) is 9.47 Å². The van der Waals surface area contributed by atoms with Crippen LogP contribution in [0.2, 0.25) is 0 Å². The van der Waals surface area contributed by atoms with Crippen molar-refractivity contribution in [2.45, 2.75) is 37.3 Å². The Labute approximate surface area is 72.0 Å². The zero-order chi connectivity index (χ0) is 8.98. The second kappa shape index (κ2) is 2.10. The first-order valence-electron chi connectivity index (χ1n) is 4.13. The molecule has 2 bridgehead atoms. The molecule has 0 aromatic heterocycles. The summed E-state index contributed by atoms with van der Waals surface area (Å²) in [6.07, 6.45) is 3.08. The molecule has 2 aliphatic rings. The first kappa shape index (κ1) is 8.23. The van der Waals surface area contributed by atoms with Crippen molar-refractivity contribution in [2.24, 2.45) is 0 Å². The summed E-state index contributed by atoms with van der Waals surface area (Å²) in [6.45, 7) is 3.80. The molecule has 12 heavy (non-hydrogen) atoms. The van der Waals surface area contributed by atoms with Crippen molar-refractivity contribution < 1.29 is 14.6 Å². The zero-order valence-electron chi connectivity index (χ0n) is 7.57. The molecule has 3 heteroatoms. The van der Waals surface area contributed by atoms with E-state index in [0.29, 0.717) is 0 Å². The van der Waals surface area contributed by atoms with E-state index in [9.17, 15) is 5.11 Å². The SMILES string of the molecule is COC1C(O)C2(C)C=CC1(C)O2. The Balaban J connectivity index is 2.38. The zero-order valence-corrected chi connectivity index (χ0v) is 7.57. The van der Waals surface area contributed by atoms with E-state index >= 15 is 0 Å². The Bertz CT molecular complexity index is 238. The summed E-state index contributed by atoms with van der Waals surface area (Å²) in [5, 5.41) is 9.80. The minimum atomic E-state index is -0.558. The van der Waals surface area contributed by atoms with E-state index < -0.39 is 17.3 Å². The molecule has 1 fully saturated rings. The van der Waals surface area contributed by atoms with Crippen molar-refractivity contribution >= 4 is 0 Å². The van der Waals surface area contributed by atoms with Gasteiger partial charge in [0.1, 0.15) is 23.4 Å². The van der Waals surface area contributed by atoms with Crippen LogP contribution in [0.5, 0.6) is 0 Å². The third-order valence-corrected chi connectivity index (χ3v) is 2.88. The van der Waals surface area contributed by atoms with Crippen LogP contribution in [0.1, 0.15) is 13.8 Å². The highest BCUT2D eigenvalue weighted by atomic mass is 16.6. The van der Waals surface area contributed by atoms with Crippen molar-refractivity contribution in [3.8, 4) is 0 Å². The normalized spacial score (nSPS) is 56.7. The van der Waals surface area contributed by atoms with E-state index in [1.165, 1.54) is 0 Å². The largest absolute Gasteiger partial charge is 0.387 e. The third kappa shape index (κ3) is 0.762. The Morgan fingerprint density at radius 1 is 1.33 bits per heavy atom. The highest BCUT2D eigenvalue weighted by molar-refractivity contribution is 5.28. The molecule has 3 nitrogen and oxygen atoms in total. The van der Waals surface area contributed by atoms with Gasteiger partial charge in [0.25, 0.3) is 0 Å². The van der Waals surface area contributed by atoms with E-state index in [-0.39, 0.29) is 6.10 Å². The standard InChI is InChI=1S/C9H14O3/c1-8-4-5-9(2,12-8)7(11-3)6(8)10/h4-7,10H,1-3H3. The fourth-order valence-corrected chi connectivity index (χ4v) is 2.16. The lowest BCUT2D eigenvalue weighted by molar-refractivity contribution is -0.0508. The summed E-state index contributed by atoms with van der Waals surface area (Å²) in [4.78, 5) is 0. The molecule has 0 aromatic rings. The molecular weight excluding hydrogens is 156 g/mol. The number of methoxy groups -OCH3 is 1. The monoisotopic (exact) mass is 170 g/mol. The summed E-state index contributed by atoms with van der Waals surface area (Å²) in [6, 6.07) is 0. The van der Waals surface area contributed by atoms with Gasteiger partial charge in [-0.05, 0) is 13.8 Å². The lowest BCUT2D eigenvalue weighted by Gasteiger charge is -2.27. The molecule has 2 rings (SSSR count). The second-order valence-electron chi connectivity index (χ2n) is 3.90. The Kier molecular flexibility index (Phi) is 1.44. The van der Waals surface area contributed by atoms with Crippen LogP contribution in [0.15, 0.2) is 12.2 Å². The van der Waals surface area contributed by atoms with Crippen LogP contribution >= 0.6 is 0 Å². The van der Waals surface area contributed by atoms with Crippen LogP contribution in [0, 0.1) is 0 Å². The van der Waals surface area contributed by atoms with Gasteiger partial charge in [0, 0.05) is 7.11 Å². The van der Waals surface area contributed by atoms with Crippen LogP contribution in [0.3, 0.4) is 0 Å². The van der Waals surface area contributed by atoms with Crippen LogP contribution in [-0.4, -0.2) is 35.6 Å². The number of aliphatic hydroxyl groups excluding tert-OH is 1. The molecule has 68 valence electrons. The Morgan fingerprint density at radius 2 is 1.92 bits per heavy atom. The minimum Gasteiger partial charge on any atom is -0.387 e. The highest BCUT2D eigenvalue weighted by Gasteiger charge is 2.60. The predicted molar refractivity (Wildman–Crippen MR) is 43.8 cm³/mol. The fourth-order valence-electron chi connectivity index (χ4n) is 2.16. The van der Waals surface area contributed by atoms with Gasteiger partial charge >= 0.3 is 0 Å². The summed E-state index contributed by atoms with van der Waals surface area (Å²) in [5.74, 6) is 0. The molecule has 1 N–H and O–H groups in total. The second-order valence-corrected chi connectivity index (χ2v) is 3.90. The fraction of sp³-hybridized carbons (Fsp3) is 0.778. The summed E-state index contributed by atoms with van der Waals surface area (Å²) < 4.78 is 10.9. The summed E-state index contributed by atoms with van der Waals surface area (Å²) in [5.41, 5.74) is -0.988. The van der Waals surface area contributed by atoms with Gasteiger partial charge in [-0.1, -0.05) is 12.2 Å². The van der Waals surface area contributed by atoms with E-state index in [2.05, 4.69) is 0 Å². The first-order chi connectivity index (χ1) is 5.52. The maximum atomic E-state index is 9.80. The Hall–Kier alpha value is -0.380. The number of aliphatic hydroxyl groups is 1. The number of hydrogen-bond donors (Lipinski definition) is 1. The highest BCUT2D eigenvalue weighted by Crippen LogP contribution is 2.46. The number of hydrogen-bond acceptors (Lipinski definition) is 3. The van der Waals surface area contributed by atoms with Gasteiger partial charge in [-0.3, -0.25) is 0 Å². The Morgan fingerprint density at radius 3 is 2.25 bits per heavy atom. The van der Waals surface area contributed by atoms with E-state index in [1.807, 2.05) is 26.0 Å². The lowest BCUT2D eigenvalue weighted by atomic mass is 9.85. The van der Waals surface area contributed by atoms with Gasteiger partial charge in [-0.15, -0.1) is 0 Å². The molecule has 0 radical (unpaired) electrons. The molecule has 0 aliphatic carbocycles. The van der Waals surface area contributed by atoms with E-state index in [0.717, 1.165) is 0 Å². The molecule has 0 saturated carbocycles. The van der Waals surface area contributed by atoms with Gasteiger partial charge in [-0.25, -0.2) is 0 Å². The topological polar surface area (TPSA) is 38.7 Å². The molecule has 0 spiro atoms. The summed E-state index contributed by atoms with van der Waals surface area (Å²) >= 11 is 0. The molecule has 0 amide bonds. The lowest BCUT2D eigenvalue weighted by Crippen LogP contribution is -2.45. The maximum Gasteiger partial charge on any atom is 0.118 e. The van der Waals surface area contributed by atoms with Gasteiger partial charge in [-0.2, -0.15) is 0 Å². The molecule has 0 aromatic carbocycles. The third-order valence-electron chi connectivity index (χ3n) is 2.88. The van der Waals surface area contributed by atoms with Crippen molar-refractivity contribution in [1.82, 2.24) is 0 Å². The summed E-state index contributed by atoms with van der Waals surface area (Å²) in [7, 11) is 1.60. The van der Waals surface area contributed by atoms with Crippen molar-refractivity contribution in [1.29, 1.82) is 0 Å². The van der Waals surface area contributed by atoms with E-state index in [4.69, 9.17) is 9.47 Å². The predicted octanol–water partition coefficient (Wildman–Crippen LogP) is 0.480. The van der Waals surface area contributed by atoms with Crippen molar-refractivity contribution in [3.63, 3.8) is 0 Å². The molecule has 4 atom stereocenters. The average molecular weight is 170 g/mol. The smallest absolute Gasteiger partial charge is 0.118 e. The van der Waals surface area contributed by atoms with Crippen LogP contribution < -0.4 is 0 Å². The molecule has 2 heterocycles. The average Bonchev–Trinajstić information content (AvgIpc) is 2.38. The quantitative estimate of drug-likeness (QED) is 0.582. The first-order valence-corrected chi connectivity index (χ1v) is 4.13. The molecule has 1 saturated heterocycles. The molecule has 2 aliphatic heterocycles. The van der Waals surface area contributed by atoms with Crippen LogP contribution in [0.25, 0.3) is 0 Å². The number of fused-ring (bicyclic) bond motifs is 2. The van der Waals surface area contributed by atoms with Crippen LogP contribution in [0.4, 0.5) is 0 Å². The van der Waals surface area contributed by atoms with Gasteiger partial charge in [0.05, 0.1) is 0 Å². The molecular formula is C9H14O3. The van der Waals surface area contributed by atoms with Crippen molar-refractivity contribution in [2.75, 3.05) is 7.11 Å². The van der Waals surface area contributed by atoms with Gasteiger partial charge < -0.3 is 14.6 Å². The van der Waals surface area contributed by atoms with Gasteiger partial charge in [0.2, 0.25) is 0 Å². The maximum absolute atomic E-state index is 9.80.